The van der Waals surface area contributed by atoms with Crippen LogP contribution < -0.4 is 19.5 Å². The molecule has 0 saturated carbocycles. The van der Waals surface area contributed by atoms with Crippen molar-refractivity contribution < 1.29 is 23.7 Å². The predicted octanol–water partition coefficient (Wildman–Crippen LogP) is 1.55. The number of carbonyl (C=O) groups excluding carboxylic acids is 1. The molecule has 1 aromatic carbocycles. The van der Waals surface area contributed by atoms with E-state index in [0.717, 1.165) is 26.3 Å². The van der Waals surface area contributed by atoms with Crippen molar-refractivity contribution in [3.8, 4) is 17.2 Å². The number of morpholine rings is 1. The zero-order chi connectivity index (χ0) is 18.5. The van der Waals surface area contributed by atoms with Crippen LogP contribution in [0.4, 0.5) is 0 Å². The van der Waals surface area contributed by atoms with Crippen LogP contribution in [0.25, 0.3) is 0 Å². The quantitative estimate of drug-likeness (QED) is 0.826. The Balaban J connectivity index is 1.68. The molecule has 1 amide bonds. The summed E-state index contributed by atoms with van der Waals surface area (Å²) in [6.07, 6.45) is 0. The molecule has 2 aliphatic heterocycles. The van der Waals surface area contributed by atoms with Crippen LogP contribution in [0.2, 0.25) is 0 Å². The maximum atomic E-state index is 12.7. The zero-order valence-electron chi connectivity index (χ0n) is 15.7. The smallest absolute Gasteiger partial charge is 0.251 e. The van der Waals surface area contributed by atoms with E-state index in [1.807, 2.05) is 0 Å². The molecule has 1 aromatic rings. The Morgan fingerprint density at radius 3 is 2.62 bits per heavy atom. The fourth-order valence-electron chi connectivity index (χ4n) is 3.40. The van der Waals surface area contributed by atoms with E-state index in [0.29, 0.717) is 48.5 Å². The molecule has 3 rings (SSSR count). The van der Waals surface area contributed by atoms with Gasteiger partial charge in [-0.2, -0.15) is 0 Å². The van der Waals surface area contributed by atoms with Crippen LogP contribution in [0.15, 0.2) is 12.1 Å². The number of nitrogens with one attached hydrogen (secondary N) is 1. The number of methoxy groups -OCH3 is 1. The summed E-state index contributed by atoms with van der Waals surface area (Å²) in [6.45, 7) is 9.18. The van der Waals surface area contributed by atoms with Gasteiger partial charge in [-0.05, 0) is 18.1 Å². The summed E-state index contributed by atoms with van der Waals surface area (Å²) in [5.74, 6) is 1.92. The fraction of sp³-hybridized carbons (Fsp3) is 0.632. The van der Waals surface area contributed by atoms with Crippen molar-refractivity contribution in [3.63, 3.8) is 0 Å². The van der Waals surface area contributed by atoms with E-state index in [1.165, 1.54) is 0 Å². The predicted molar refractivity (Wildman–Crippen MR) is 97.3 cm³/mol. The topological polar surface area (TPSA) is 69.3 Å². The van der Waals surface area contributed by atoms with E-state index in [9.17, 15) is 4.79 Å². The van der Waals surface area contributed by atoms with Crippen LogP contribution >= 0.6 is 0 Å². The molecule has 2 heterocycles. The minimum Gasteiger partial charge on any atom is -0.493 e. The first-order valence-electron chi connectivity index (χ1n) is 9.17. The molecule has 1 atom stereocenters. The summed E-state index contributed by atoms with van der Waals surface area (Å²) in [5, 5.41) is 3.06. The molecular weight excluding hydrogens is 336 g/mol. The average molecular weight is 364 g/mol. The SMILES string of the molecule is COc1cc(C(=O)NCC(C(C)C)N2CCOCC2)cc2c1OCCO2. The highest BCUT2D eigenvalue weighted by atomic mass is 16.6. The lowest BCUT2D eigenvalue weighted by atomic mass is 10.0. The Morgan fingerprint density at radius 2 is 1.92 bits per heavy atom. The number of nitrogens with zero attached hydrogens (tertiary/aromatic N) is 1. The molecule has 0 bridgehead atoms. The zero-order valence-corrected chi connectivity index (χ0v) is 15.7. The lowest BCUT2D eigenvalue weighted by molar-refractivity contribution is 0.00672. The van der Waals surface area contributed by atoms with E-state index in [-0.39, 0.29) is 11.9 Å². The average Bonchev–Trinajstić information content (AvgIpc) is 2.67. The monoisotopic (exact) mass is 364 g/mol. The first-order chi connectivity index (χ1) is 12.6. The molecular formula is C19H28N2O5. The first kappa shape index (κ1) is 18.8. The summed E-state index contributed by atoms with van der Waals surface area (Å²) >= 11 is 0. The summed E-state index contributed by atoms with van der Waals surface area (Å²) in [6, 6.07) is 3.69. The maximum Gasteiger partial charge on any atom is 0.251 e. The van der Waals surface area contributed by atoms with Gasteiger partial charge in [-0.3, -0.25) is 9.69 Å². The number of carbonyl (C=O) groups is 1. The molecule has 1 N–H and O–H groups in total. The molecule has 1 unspecified atom stereocenters. The summed E-state index contributed by atoms with van der Waals surface area (Å²) < 4.78 is 22.0. The molecule has 0 aromatic heterocycles. The van der Waals surface area contributed by atoms with Gasteiger partial charge in [0.2, 0.25) is 5.75 Å². The lowest BCUT2D eigenvalue weighted by Gasteiger charge is -2.36. The molecule has 26 heavy (non-hydrogen) atoms. The van der Waals surface area contributed by atoms with Crippen molar-refractivity contribution >= 4 is 5.91 Å². The van der Waals surface area contributed by atoms with Gasteiger partial charge in [-0.15, -0.1) is 0 Å². The molecule has 2 aliphatic rings. The number of hydrogen-bond acceptors (Lipinski definition) is 6. The van der Waals surface area contributed by atoms with Crippen molar-refractivity contribution in [1.82, 2.24) is 10.2 Å². The number of fused-ring (bicyclic) bond motifs is 1. The minimum absolute atomic E-state index is 0.140. The van der Waals surface area contributed by atoms with E-state index < -0.39 is 0 Å². The van der Waals surface area contributed by atoms with Gasteiger partial charge in [0.25, 0.3) is 5.91 Å². The summed E-state index contributed by atoms with van der Waals surface area (Å²) in [4.78, 5) is 15.1. The Hall–Kier alpha value is -1.99. The highest BCUT2D eigenvalue weighted by molar-refractivity contribution is 5.95. The molecule has 0 aliphatic carbocycles. The molecule has 1 saturated heterocycles. The van der Waals surface area contributed by atoms with Gasteiger partial charge in [0.1, 0.15) is 13.2 Å². The van der Waals surface area contributed by atoms with Crippen LogP contribution in [0, 0.1) is 5.92 Å². The third kappa shape index (κ3) is 4.22. The van der Waals surface area contributed by atoms with Crippen LogP contribution in [0.3, 0.4) is 0 Å². The van der Waals surface area contributed by atoms with Crippen LogP contribution in [-0.2, 0) is 4.74 Å². The standard InChI is InChI=1S/C19H28N2O5/c1-13(2)15(21-4-6-24-7-5-21)12-20-19(22)14-10-16(23-3)18-17(11-14)25-8-9-26-18/h10-11,13,15H,4-9,12H2,1-3H3,(H,20,22). The Labute approximate surface area is 154 Å². The Morgan fingerprint density at radius 1 is 1.19 bits per heavy atom. The molecule has 0 spiro atoms. The lowest BCUT2D eigenvalue weighted by Crippen LogP contribution is -2.51. The van der Waals surface area contributed by atoms with Crippen LogP contribution in [-0.4, -0.2) is 70.0 Å². The van der Waals surface area contributed by atoms with Gasteiger partial charge in [0, 0.05) is 31.2 Å². The Bertz CT molecular complexity index is 611. The van der Waals surface area contributed by atoms with Gasteiger partial charge in [0.15, 0.2) is 11.5 Å². The third-order valence-electron chi connectivity index (χ3n) is 4.85. The van der Waals surface area contributed by atoms with Gasteiger partial charge in [-0.1, -0.05) is 13.8 Å². The molecule has 7 nitrogen and oxygen atoms in total. The highest BCUT2D eigenvalue weighted by Gasteiger charge is 2.25. The largest absolute Gasteiger partial charge is 0.493 e. The first-order valence-corrected chi connectivity index (χ1v) is 9.17. The molecule has 7 heteroatoms. The normalized spacial score (nSPS) is 18.5. The van der Waals surface area contributed by atoms with Gasteiger partial charge >= 0.3 is 0 Å². The number of benzene rings is 1. The summed E-state index contributed by atoms with van der Waals surface area (Å²) in [5.41, 5.74) is 0.510. The van der Waals surface area contributed by atoms with Crippen molar-refractivity contribution in [3.05, 3.63) is 17.7 Å². The number of hydrogen-bond donors (Lipinski definition) is 1. The molecule has 144 valence electrons. The van der Waals surface area contributed by atoms with Crippen LogP contribution in [0.1, 0.15) is 24.2 Å². The van der Waals surface area contributed by atoms with Crippen LogP contribution in [0.5, 0.6) is 17.2 Å². The van der Waals surface area contributed by atoms with E-state index in [4.69, 9.17) is 18.9 Å². The second kappa shape index (κ2) is 8.60. The fourth-order valence-corrected chi connectivity index (χ4v) is 3.40. The Kier molecular flexibility index (Phi) is 6.21. The van der Waals surface area contributed by atoms with Crippen molar-refractivity contribution in [2.75, 3.05) is 53.2 Å². The van der Waals surface area contributed by atoms with Gasteiger partial charge in [-0.25, -0.2) is 0 Å². The van der Waals surface area contributed by atoms with Crippen molar-refractivity contribution in [1.29, 1.82) is 0 Å². The van der Waals surface area contributed by atoms with E-state index >= 15 is 0 Å². The van der Waals surface area contributed by atoms with E-state index in [1.54, 1.807) is 19.2 Å². The molecule has 1 fully saturated rings. The maximum absolute atomic E-state index is 12.7. The second-order valence-corrected chi connectivity index (χ2v) is 6.87. The third-order valence-corrected chi connectivity index (χ3v) is 4.85. The van der Waals surface area contributed by atoms with Crippen molar-refractivity contribution in [2.24, 2.45) is 5.92 Å². The van der Waals surface area contributed by atoms with Gasteiger partial charge in [0.05, 0.1) is 20.3 Å². The molecule has 0 radical (unpaired) electrons. The number of ether oxygens (including phenoxy) is 4. The second-order valence-electron chi connectivity index (χ2n) is 6.87. The van der Waals surface area contributed by atoms with Crippen molar-refractivity contribution in [2.45, 2.75) is 19.9 Å². The summed E-state index contributed by atoms with van der Waals surface area (Å²) in [7, 11) is 1.56. The number of amides is 1. The highest BCUT2D eigenvalue weighted by Crippen LogP contribution is 2.40. The number of rotatable bonds is 6. The van der Waals surface area contributed by atoms with E-state index in [2.05, 4.69) is 24.1 Å². The van der Waals surface area contributed by atoms with Gasteiger partial charge < -0.3 is 24.3 Å². The minimum atomic E-state index is -0.140.